The van der Waals surface area contributed by atoms with E-state index in [9.17, 15) is 4.79 Å². The van der Waals surface area contributed by atoms with Crippen LogP contribution in [0.25, 0.3) is 10.9 Å². The van der Waals surface area contributed by atoms with E-state index in [1.807, 2.05) is 46.8 Å². The Morgan fingerprint density at radius 2 is 1.74 bits per heavy atom. The number of aryl methyl sites for hydroxylation is 1. The predicted molar refractivity (Wildman–Crippen MR) is 120 cm³/mol. The summed E-state index contributed by atoms with van der Waals surface area (Å²) in [6.07, 6.45) is -0.537. The molecule has 2 heterocycles. The average molecular weight is 430 g/mol. The van der Waals surface area contributed by atoms with Gasteiger partial charge in [-0.25, -0.2) is 9.18 Å². The number of carbonyl (C=O) groups is 1. The average Bonchev–Trinajstić information content (AvgIpc) is 2.80. The zero-order chi connectivity index (χ0) is 23.4. The van der Waals surface area contributed by atoms with Crippen LogP contribution < -0.4 is 10.8 Å². The molecule has 1 aliphatic rings. The van der Waals surface area contributed by atoms with Crippen molar-refractivity contribution in [1.29, 1.82) is 0 Å². The summed E-state index contributed by atoms with van der Waals surface area (Å²) in [5, 5.41) is 3.43. The molecule has 1 atom stereocenters. The summed E-state index contributed by atoms with van der Waals surface area (Å²) in [6, 6.07) is 4.66. The van der Waals surface area contributed by atoms with Gasteiger partial charge in [0, 0.05) is 11.1 Å². The van der Waals surface area contributed by atoms with Crippen molar-refractivity contribution in [3.63, 3.8) is 0 Å². The quantitative estimate of drug-likeness (QED) is 0.723. The van der Waals surface area contributed by atoms with Crippen LogP contribution in [-0.4, -0.2) is 35.0 Å². The highest BCUT2D eigenvalue weighted by Gasteiger charge is 2.51. The van der Waals surface area contributed by atoms with Gasteiger partial charge in [-0.1, -0.05) is 6.07 Å². The van der Waals surface area contributed by atoms with Gasteiger partial charge in [0.15, 0.2) is 0 Å². The molecule has 1 N–H and O–H groups in total. The fourth-order valence-electron chi connectivity index (χ4n) is 3.50. The topological polar surface area (TPSA) is 69.7 Å². The Morgan fingerprint density at radius 1 is 1.16 bits per heavy atom. The van der Waals surface area contributed by atoms with Crippen molar-refractivity contribution in [2.45, 2.75) is 85.2 Å². The number of hydrogen-bond acceptors (Lipinski definition) is 5. The van der Waals surface area contributed by atoms with Crippen molar-refractivity contribution < 1.29 is 23.2 Å². The van der Waals surface area contributed by atoms with Crippen LogP contribution in [0.5, 0.6) is 0 Å². The molecule has 1 fully saturated rings. The van der Waals surface area contributed by atoms with E-state index < -0.39 is 41.9 Å². The van der Waals surface area contributed by atoms with Gasteiger partial charge in [0.05, 0.1) is 17.2 Å². The Hall–Kier alpha value is -2.19. The van der Waals surface area contributed by atoms with Crippen molar-refractivity contribution in [1.82, 2.24) is 10.3 Å². The maximum absolute atomic E-state index is 15.1. The molecule has 3 rings (SSSR count). The van der Waals surface area contributed by atoms with E-state index in [0.717, 1.165) is 5.56 Å². The number of pyridine rings is 1. The lowest BCUT2D eigenvalue weighted by atomic mass is 9.78. The predicted octanol–water partition coefficient (Wildman–Crippen LogP) is 4.57. The highest BCUT2D eigenvalue weighted by Crippen LogP contribution is 2.37. The highest BCUT2D eigenvalue weighted by molar-refractivity contribution is 6.62. The van der Waals surface area contributed by atoms with E-state index in [-0.39, 0.29) is 5.52 Å². The molecule has 1 aliphatic heterocycles. The molecule has 6 nitrogen and oxygen atoms in total. The summed E-state index contributed by atoms with van der Waals surface area (Å²) in [6.45, 7) is 16.8. The molecule has 31 heavy (non-hydrogen) atoms. The molecule has 1 unspecified atom stereocenters. The lowest BCUT2D eigenvalue weighted by molar-refractivity contribution is 0.00578. The maximum Gasteiger partial charge on any atom is 0.494 e. The summed E-state index contributed by atoms with van der Waals surface area (Å²) in [7, 11) is -0.702. The first-order chi connectivity index (χ1) is 14.1. The Kier molecular flexibility index (Phi) is 5.87. The number of amides is 1. The molecule has 8 heteroatoms. The number of alkyl carbamates (subject to hydrolysis) is 1. The Balaban J connectivity index is 2.02. The molecule has 1 saturated heterocycles. The second-order valence-electron chi connectivity index (χ2n) is 10.2. The van der Waals surface area contributed by atoms with Crippen LogP contribution in [0, 0.1) is 12.7 Å². The molecule has 0 bridgehead atoms. The van der Waals surface area contributed by atoms with Crippen LogP contribution in [0.4, 0.5) is 9.18 Å². The lowest BCUT2D eigenvalue weighted by Crippen LogP contribution is -2.41. The van der Waals surface area contributed by atoms with E-state index in [1.54, 1.807) is 27.7 Å². The van der Waals surface area contributed by atoms with Gasteiger partial charge in [0.1, 0.15) is 16.9 Å². The minimum Gasteiger partial charge on any atom is -0.444 e. The number of carbonyl (C=O) groups excluding carboxylic acids is 1. The van der Waals surface area contributed by atoms with Gasteiger partial charge < -0.3 is 19.4 Å². The van der Waals surface area contributed by atoms with Crippen molar-refractivity contribution in [2.75, 3.05) is 0 Å². The van der Waals surface area contributed by atoms with Crippen molar-refractivity contribution >= 4 is 29.6 Å². The number of hydrogen-bond donors (Lipinski definition) is 1. The second kappa shape index (κ2) is 7.75. The van der Waals surface area contributed by atoms with E-state index in [0.29, 0.717) is 16.5 Å². The molecule has 1 aromatic carbocycles. The van der Waals surface area contributed by atoms with E-state index >= 15 is 4.39 Å². The monoisotopic (exact) mass is 430 g/mol. The molecule has 0 aliphatic carbocycles. The van der Waals surface area contributed by atoms with Crippen LogP contribution in [-0.2, 0) is 14.0 Å². The third-order valence-electron chi connectivity index (χ3n) is 5.77. The summed E-state index contributed by atoms with van der Waals surface area (Å²) in [4.78, 5) is 16.7. The maximum atomic E-state index is 15.1. The van der Waals surface area contributed by atoms with Gasteiger partial charge in [0.25, 0.3) is 0 Å². The number of aromatic nitrogens is 1. The number of nitrogens with zero attached hydrogens (tertiary/aromatic N) is 1. The van der Waals surface area contributed by atoms with Gasteiger partial charge in [-0.15, -0.1) is 0 Å². The zero-order valence-corrected chi connectivity index (χ0v) is 19.8. The van der Waals surface area contributed by atoms with Crippen LogP contribution in [0.3, 0.4) is 0 Å². The zero-order valence-electron chi connectivity index (χ0n) is 19.8. The molecular formula is C23H32BFN2O4. The van der Waals surface area contributed by atoms with E-state index in [1.165, 1.54) is 6.07 Å². The fourth-order valence-corrected chi connectivity index (χ4v) is 3.50. The third kappa shape index (κ3) is 4.85. The first-order valence-corrected chi connectivity index (χ1v) is 10.6. The molecule has 168 valence electrons. The summed E-state index contributed by atoms with van der Waals surface area (Å²) < 4.78 is 32.7. The van der Waals surface area contributed by atoms with Gasteiger partial charge in [-0.3, -0.25) is 4.98 Å². The number of fused-ring (bicyclic) bond motifs is 1. The van der Waals surface area contributed by atoms with Gasteiger partial charge >= 0.3 is 13.2 Å². The molecule has 1 amide bonds. The second-order valence-corrected chi connectivity index (χ2v) is 10.2. The summed E-state index contributed by atoms with van der Waals surface area (Å²) >= 11 is 0. The lowest BCUT2D eigenvalue weighted by Gasteiger charge is -2.32. The molecule has 0 saturated carbocycles. The smallest absolute Gasteiger partial charge is 0.444 e. The highest BCUT2D eigenvalue weighted by atomic mass is 19.1. The minimum atomic E-state index is -0.702. The number of halogens is 1. The summed E-state index contributed by atoms with van der Waals surface area (Å²) in [5.74, 6) is -0.461. The minimum absolute atomic E-state index is 0.244. The van der Waals surface area contributed by atoms with Crippen LogP contribution in [0.1, 0.15) is 72.7 Å². The van der Waals surface area contributed by atoms with Gasteiger partial charge in [-0.05, 0) is 85.5 Å². The molecule has 1 aromatic heterocycles. The van der Waals surface area contributed by atoms with Crippen LogP contribution in [0.15, 0.2) is 18.2 Å². The van der Waals surface area contributed by atoms with Gasteiger partial charge in [-0.2, -0.15) is 0 Å². The SMILES string of the molecule is Cc1cc(C(C)NC(=O)OC(C)(C)C)c2cc(B3OC(C)(C)C(C)(C)O3)cc(F)c2n1. The van der Waals surface area contributed by atoms with Crippen molar-refractivity contribution in [2.24, 2.45) is 0 Å². The number of ether oxygens (including phenoxy) is 1. The number of rotatable bonds is 3. The van der Waals surface area contributed by atoms with Gasteiger partial charge in [0.2, 0.25) is 0 Å². The van der Waals surface area contributed by atoms with E-state index in [4.69, 9.17) is 14.0 Å². The molecule has 0 spiro atoms. The first kappa shape index (κ1) is 23.5. The van der Waals surface area contributed by atoms with Crippen LogP contribution >= 0.6 is 0 Å². The Morgan fingerprint density at radius 3 is 2.29 bits per heavy atom. The third-order valence-corrected chi connectivity index (χ3v) is 5.77. The van der Waals surface area contributed by atoms with Crippen molar-refractivity contribution in [3.8, 4) is 0 Å². The Labute approximate surface area is 184 Å². The molecule has 0 radical (unpaired) electrons. The normalized spacial score (nSPS) is 18.8. The van der Waals surface area contributed by atoms with Crippen molar-refractivity contribution in [3.05, 3.63) is 35.3 Å². The largest absolute Gasteiger partial charge is 0.494 e. The number of benzene rings is 1. The Bertz CT molecular complexity index is 1000. The van der Waals surface area contributed by atoms with E-state index in [2.05, 4.69) is 10.3 Å². The summed E-state index contributed by atoms with van der Waals surface area (Å²) in [5.41, 5.74) is 0.517. The molecular weight excluding hydrogens is 398 g/mol. The van der Waals surface area contributed by atoms with Crippen LogP contribution in [0.2, 0.25) is 0 Å². The standard InChI is InChI=1S/C23H32BFN2O4/c1-13-10-16(14(2)27-20(28)29-21(3,4)5)17-11-15(12-18(25)19(17)26-13)24-30-22(6,7)23(8,9)31-24/h10-12,14H,1-9H3,(H,27,28). The fraction of sp³-hybridized carbons (Fsp3) is 0.565. The molecule has 2 aromatic rings. The first-order valence-electron chi connectivity index (χ1n) is 10.6. The number of nitrogens with one attached hydrogen (secondary N) is 1.